The van der Waals surface area contributed by atoms with Crippen LogP contribution in [0.5, 0.6) is 0 Å². The van der Waals surface area contributed by atoms with Crippen LogP contribution in [0.1, 0.15) is 19.8 Å². The van der Waals surface area contributed by atoms with Gasteiger partial charge < -0.3 is 5.32 Å². The summed E-state index contributed by atoms with van der Waals surface area (Å²) in [7, 11) is 0. The Bertz CT molecular complexity index is 281. The van der Waals surface area contributed by atoms with Gasteiger partial charge in [-0.3, -0.25) is 0 Å². The highest BCUT2D eigenvalue weighted by Crippen LogP contribution is 2.17. The Kier molecular flexibility index (Phi) is 5.40. The molecule has 1 aromatic heterocycles. The average Bonchev–Trinajstić information content (AvgIpc) is 2.20. The fraction of sp³-hybridized carbons (Fsp3) is 0.556. The van der Waals surface area contributed by atoms with E-state index in [4.69, 9.17) is 0 Å². The van der Waals surface area contributed by atoms with Crippen molar-refractivity contribution in [3.05, 3.63) is 17.0 Å². The van der Waals surface area contributed by atoms with Crippen LogP contribution in [0, 0.1) is 0 Å². The molecule has 0 aliphatic rings. The summed E-state index contributed by atoms with van der Waals surface area (Å²) in [5.74, 6) is 0.857. The third kappa shape index (κ3) is 3.92. The molecule has 0 bridgehead atoms. The van der Waals surface area contributed by atoms with Crippen LogP contribution < -0.4 is 5.32 Å². The van der Waals surface area contributed by atoms with Crippen molar-refractivity contribution >= 4 is 37.7 Å². The molecule has 1 rings (SSSR count). The third-order valence-electron chi connectivity index (χ3n) is 1.86. The first-order chi connectivity index (χ1) is 6.74. The number of aromatic nitrogens is 2. The highest BCUT2D eigenvalue weighted by Gasteiger charge is 2.02. The Labute approximate surface area is 101 Å². The second kappa shape index (κ2) is 6.35. The summed E-state index contributed by atoms with van der Waals surface area (Å²) in [6, 6.07) is 0. The smallest absolute Gasteiger partial charge is 0.143 e. The highest BCUT2D eigenvalue weighted by atomic mass is 79.9. The van der Waals surface area contributed by atoms with Crippen molar-refractivity contribution in [1.82, 2.24) is 9.97 Å². The van der Waals surface area contributed by atoms with Gasteiger partial charge in [-0.1, -0.05) is 22.9 Å². The normalized spacial score (nSPS) is 12.5. The molecular formula is C9H13Br2N3. The Hall–Kier alpha value is -0.160. The minimum atomic E-state index is 0.579. The molecule has 1 atom stereocenters. The van der Waals surface area contributed by atoms with Gasteiger partial charge in [0, 0.05) is 17.6 Å². The number of rotatable bonds is 5. The molecule has 0 saturated heterocycles. The van der Waals surface area contributed by atoms with Crippen molar-refractivity contribution in [2.45, 2.75) is 24.6 Å². The summed E-state index contributed by atoms with van der Waals surface area (Å²) in [6.07, 6.45) is 5.51. The topological polar surface area (TPSA) is 37.8 Å². The third-order valence-corrected chi connectivity index (χ3v) is 3.55. The van der Waals surface area contributed by atoms with Crippen LogP contribution in [-0.4, -0.2) is 21.3 Å². The molecule has 5 heteroatoms. The molecule has 1 unspecified atom stereocenters. The van der Waals surface area contributed by atoms with Crippen LogP contribution >= 0.6 is 31.9 Å². The van der Waals surface area contributed by atoms with Gasteiger partial charge in [0.15, 0.2) is 0 Å². The SMILES string of the molecule is CCC(Br)CCNc1ncncc1Br. The van der Waals surface area contributed by atoms with Crippen molar-refractivity contribution in [2.75, 3.05) is 11.9 Å². The van der Waals surface area contributed by atoms with Gasteiger partial charge in [0.1, 0.15) is 12.1 Å². The molecule has 0 aromatic carbocycles. The number of nitrogens with one attached hydrogen (secondary N) is 1. The molecule has 0 aliphatic carbocycles. The Balaban J connectivity index is 2.35. The molecule has 0 spiro atoms. The fourth-order valence-corrected chi connectivity index (χ4v) is 1.58. The van der Waals surface area contributed by atoms with Crippen molar-refractivity contribution in [3.8, 4) is 0 Å². The first-order valence-corrected chi connectivity index (χ1v) is 6.28. The second-order valence-electron chi connectivity index (χ2n) is 2.94. The number of halogens is 2. The lowest BCUT2D eigenvalue weighted by molar-refractivity contribution is 0.772. The number of nitrogens with zero attached hydrogens (tertiary/aromatic N) is 2. The van der Waals surface area contributed by atoms with Crippen LogP contribution in [0.4, 0.5) is 5.82 Å². The van der Waals surface area contributed by atoms with E-state index in [0.29, 0.717) is 4.83 Å². The van der Waals surface area contributed by atoms with Crippen LogP contribution in [-0.2, 0) is 0 Å². The lowest BCUT2D eigenvalue weighted by atomic mass is 10.2. The zero-order chi connectivity index (χ0) is 10.4. The van der Waals surface area contributed by atoms with Crippen molar-refractivity contribution in [1.29, 1.82) is 0 Å². The first-order valence-electron chi connectivity index (χ1n) is 4.57. The van der Waals surface area contributed by atoms with Crippen LogP contribution in [0.15, 0.2) is 17.0 Å². The molecule has 0 saturated carbocycles. The molecule has 1 N–H and O–H groups in total. The molecule has 78 valence electrons. The van der Waals surface area contributed by atoms with Gasteiger partial charge >= 0.3 is 0 Å². The first kappa shape index (κ1) is 11.9. The molecule has 0 amide bonds. The number of alkyl halides is 1. The van der Waals surface area contributed by atoms with E-state index >= 15 is 0 Å². The molecule has 0 fully saturated rings. The van der Waals surface area contributed by atoms with E-state index in [2.05, 4.69) is 54.1 Å². The van der Waals surface area contributed by atoms with E-state index in [-0.39, 0.29) is 0 Å². The largest absolute Gasteiger partial charge is 0.369 e. The van der Waals surface area contributed by atoms with Crippen LogP contribution in [0.25, 0.3) is 0 Å². The van der Waals surface area contributed by atoms with Gasteiger partial charge in [-0.25, -0.2) is 9.97 Å². The monoisotopic (exact) mass is 321 g/mol. The maximum absolute atomic E-state index is 4.12. The molecule has 0 aliphatic heterocycles. The van der Waals surface area contributed by atoms with E-state index in [1.54, 1.807) is 12.5 Å². The van der Waals surface area contributed by atoms with Gasteiger partial charge in [-0.2, -0.15) is 0 Å². The number of anilines is 1. The van der Waals surface area contributed by atoms with E-state index in [1.807, 2.05) is 0 Å². The number of hydrogen-bond donors (Lipinski definition) is 1. The van der Waals surface area contributed by atoms with Crippen molar-refractivity contribution in [3.63, 3.8) is 0 Å². The van der Waals surface area contributed by atoms with E-state index < -0.39 is 0 Å². The van der Waals surface area contributed by atoms with Gasteiger partial charge in [0.2, 0.25) is 0 Å². The highest BCUT2D eigenvalue weighted by molar-refractivity contribution is 9.10. The molecule has 14 heavy (non-hydrogen) atoms. The molecular weight excluding hydrogens is 310 g/mol. The fourth-order valence-electron chi connectivity index (χ4n) is 0.994. The average molecular weight is 323 g/mol. The minimum absolute atomic E-state index is 0.579. The van der Waals surface area contributed by atoms with Gasteiger partial charge in [-0.05, 0) is 28.8 Å². The maximum Gasteiger partial charge on any atom is 0.143 e. The minimum Gasteiger partial charge on any atom is -0.369 e. The van der Waals surface area contributed by atoms with Gasteiger partial charge in [0.05, 0.1) is 4.47 Å². The summed E-state index contributed by atoms with van der Waals surface area (Å²) in [5.41, 5.74) is 0. The Morgan fingerprint density at radius 3 is 3.00 bits per heavy atom. The van der Waals surface area contributed by atoms with Crippen LogP contribution in [0.2, 0.25) is 0 Å². The maximum atomic E-state index is 4.12. The lowest BCUT2D eigenvalue weighted by Crippen LogP contribution is -2.09. The number of hydrogen-bond acceptors (Lipinski definition) is 3. The summed E-state index contributed by atoms with van der Waals surface area (Å²) >= 11 is 6.97. The molecule has 1 heterocycles. The molecule has 3 nitrogen and oxygen atoms in total. The Morgan fingerprint density at radius 2 is 2.36 bits per heavy atom. The lowest BCUT2D eigenvalue weighted by Gasteiger charge is -2.09. The van der Waals surface area contributed by atoms with E-state index in [0.717, 1.165) is 29.7 Å². The summed E-state index contributed by atoms with van der Waals surface area (Å²) in [6.45, 7) is 3.08. The van der Waals surface area contributed by atoms with Crippen LogP contribution in [0.3, 0.4) is 0 Å². The second-order valence-corrected chi connectivity index (χ2v) is 5.09. The summed E-state index contributed by atoms with van der Waals surface area (Å²) < 4.78 is 0.905. The molecule has 1 aromatic rings. The zero-order valence-corrected chi connectivity index (χ0v) is 11.2. The summed E-state index contributed by atoms with van der Waals surface area (Å²) in [4.78, 5) is 8.59. The quantitative estimate of drug-likeness (QED) is 0.846. The van der Waals surface area contributed by atoms with Gasteiger partial charge in [-0.15, -0.1) is 0 Å². The van der Waals surface area contributed by atoms with Crippen molar-refractivity contribution in [2.24, 2.45) is 0 Å². The van der Waals surface area contributed by atoms with E-state index in [9.17, 15) is 0 Å². The predicted molar refractivity (Wildman–Crippen MR) is 65.8 cm³/mol. The zero-order valence-electron chi connectivity index (χ0n) is 8.00. The van der Waals surface area contributed by atoms with Crippen molar-refractivity contribution < 1.29 is 0 Å². The standard InChI is InChI=1S/C9H13Br2N3/c1-2-7(10)3-4-13-9-8(11)5-12-6-14-9/h5-7H,2-4H2,1H3,(H,12,13,14). The predicted octanol–water partition coefficient (Wildman–Crippen LogP) is 3.21. The summed E-state index contributed by atoms with van der Waals surface area (Å²) in [5, 5.41) is 3.25. The Morgan fingerprint density at radius 1 is 1.57 bits per heavy atom. The van der Waals surface area contributed by atoms with E-state index in [1.165, 1.54) is 0 Å². The molecule has 0 radical (unpaired) electrons. The van der Waals surface area contributed by atoms with Gasteiger partial charge in [0.25, 0.3) is 0 Å².